The Balaban J connectivity index is 1.80. The molecule has 142 valence electrons. The predicted molar refractivity (Wildman–Crippen MR) is 106 cm³/mol. The van der Waals surface area contributed by atoms with Gasteiger partial charge in [-0.2, -0.15) is 13.0 Å². The summed E-state index contributed by atoms with van der Waals surface area (Å²) in [6, 6.07) is 15.1. The number of hydrogen-bond acceptors (Lipinski definition) is 4. The highest BCUT2D eigenvalue weighted by atomic mass is 35.5. The van der Waals surface area contributed by atoms with Crippen LogP contribution in [0.4, 0.5) is 5.69 Å². The second-order valence-electron chi connectivity index (χ2n) is 6.04. The number of unbranched alkanes of at least 4 members (excludes halogenated alkanes) is 1. The first-order chi connectivity index (χ1) is 12.9. The van der Waals surface area contributed by atoms with E-state index in [-0.39, 0.29) is 5.75 Å². The summed E-state index contributed by atoms with van der Waals surface area (Å²) in [4.78, 5) is 0. The number of anilines is 1. The maximum absolute atomic E-state index is 10.9. The molecule has 0 aliphatic carbocycles. The summed E-state index contributed by atoms with van der Waals surface area (Å²) >= 11 is 6.11. The summed E-state index contributed by atoms with van der Waals surface area (Å²) in [6.07, 6.45) is 4.51. The quantitative estimate of drug-likeness (QED) is 0.333. The number of halogens is 1. The fraction of sp³-hybridized carbons (Fsp3) is 0.211. The molecule has 0 saturated heterocycles. The highest BCUT2D eigenvalue weighted by molar-refractivity contribution is 7.85. The topological polar surface area (TPSA) is 83.4 Å². The number of aryl methyl sites for hydroxylation is 1. The van der Waals surface area contributed by atoms with Crippen molar-refractivity contribution in [3.05, 3.63) is 65.6 Å². The minimum Gasteiger partial charge on any atom is -0.398 e. The average Bonchev–Trinajstić information content (AvgIpc) is 2.96. The standard InChI is InChI=1S/C19H19ClN2O4S/c20-15-8-9-18-17(14-15)22(12-4-5-13-27(23,24)25)19(26-18)10-11-21-16-6-2-1-3-7-16/h1-3,6-11,14H,4-5,12-13H2,(H,23,24,25)/p+1. The Morgan fingerprint density at radius 3 is 2.67 bits per heavy atom. The van der Waals surface area contributed by atoms with E-state index in [0.29, 0.717) is 35.9 Å². The molecule has 0 spiro atoms. The fourth-order valence-corrected chi connectivity index (χ4v) is 3.46. The SMILES string of the molecule is O=S(=O)(O)CCCC[n+]1c(C=CNc2ccccc2)oc2ccc(Cl)cc21. The Hall–Kier alpha value is -2.35. The van der Waals surface area contributed by atoms with Crippen molar-refractivity contribution in [3.63, 3.8) is 0 Å². The molecule has 0 bridgehead atoms. The minimum atomic E-state index is -3.95. The van der Waals surface area contributed by atoms with Crippen LogP contribution >= 0.6 is 11.6 Å². The Bertz CT molecular complexity index is 1050. The fourth-order valence-electron chi connectivity index (χ4n) is 2.73. The third-order valence-electron chi connectivity index (χ3n) is 3.98. The Kier molecular flexibility index (Phi) is 6.15. The van der Waals surface area contributed by atoms with Crippen molar-refractivity contribution in [1.82, 2.24) is 0 Å². The molecular weight excluding hydrogens is 388 g/mol. The molecule has 0 fully saturated rings. The molecule has 0 aliphatic heterocycles. The van der Waals surface area contributed by atoms with Gasteiger partial charge in [0.1, 0.15) is 0 Å². The van der Waals surface area contributed by atoms with Crippen LogP contribution in [0.3, 0.4) is 0 Å². The van der Waals surface area contributed by atoms with Crippen molar-refractivity contribution in [2.24, 2.45) is 0 Å². The minimum absolute atomic E-state index is 0.259. The molecule has 3 rings (SSSR count). The van der Waals surface area contributed by atoms with Gasteiger partial charge in [-0.15, -0.1) is 0 Å². The number of aromatic nitrogens is 1. The number of hydrogen-bond donors (Lipinski definition) is 2. The molecule has 0 unspecified atom stereocenters. The summed E-state index contributed by atoms with van der Waals surface area (Å²) in [5.41, 5.74) is 2.47. The third-order valence-corrected chi connectivity index (χ3v) is 5.02. The van der Waals surface area contributed by atoms with E-state index in [0.717, 1.165) is 11.2 Å². The van der Waals surface area contributed by atoms with Gasteiger partial charge in [-0.25, -0.2) is 0 Å². The lowest BCUT2D eigenvalue weighted by Crippen LogP contribution is -2.35. The van der Waals surface area contributed by atoms with Crippen LogP contribution in [0.5, 0.6) is 0 Å². The summed E-state index contributed by atoms with van der Waals surface area (Å²) in [6.45, 7) is 0.536. The van der Waals surface area contributed by atoms with Crippen LogP contribution in [0.1, 0.15) is 18.7 Å². The van der Waals surface area contributed by atoms with Crippen molar-refractivity contribution < 1.29 is 22.0 Å². The van der Waals surface area contributed by atoms with Gasteiger partial charge >= 0.3 is 5.89 Å². The van der Waals surface area contributed by atoms with Crippen LogP contribution in [0, 0.1) is 0 Å². The molecule has 1 aromatic heterocycles. The number of nitrogens with zero attached hydrogens (tertiary/aromatic N) is 1. The Morgan fingerprint density at radius 1 is 1.15 bits per heavy atom. The third kappa shape index (κ3) is 5.56. The molecule has 8 heteroatoms. The molecule has 2 aromatic carbocycles. The highest BCUT2D eigenvalue weighted by Crippen LogP contribution is 2.20. The molecule has 0 amide bonds. The largest absolute Gasteiger partial charge is 0.398 e. The molecule has 0 saturated carbocycles. The predicted octanol–water partition coefficient (Wildman–Crippen LogP) is 4.12. The second kappa shape index (κ2) is 8.56. The van der Waals surface area contributed by atoms with E-state index in [4.69, 9.17) is 20.6 Å². The first-order valence-corrected chi connectivity index (χ1v) is 10.5. The van der Waals surface area contributed by atoms with Crippen molar-refractivity contribution >= 4 is 44.6 Å². The van der Waals surface area contributed by atoms with Gasteiger partial charge in [-0.05, 0) is 30.7 Å². The van der Waals surface area contributed by atoms with Gasteiger partial charge in [0.15, 0.2) is 6.54 Å². The molecule has 3 aromatic rings. The van der Waals surface area contributed by atoms with Crippen LogP contribution < -0.4 is 9.88 Å². The summed E-state index contributed by atoms with van der Waals surface area (Å²) in [7, 11) is -3.95. The van der Waals surface area contributed by atoms with Crippen LogP contribution in [0.15, 0.2) is 59.1 Å². The van der Waals surface area contributed by atoms with Gasteiger partial charge in [0.05, 0.1) is 11.8 Å². The van der Waals surface area contributed by atoms with E-state index in [1.165, 1.54) is 0 Å². The van der Waals surface area contributed by atoms with Crippen LogP contribution in [0.25, 0.3) is 17.2 Å². The van der Waals surface area contributed by atoms with E-state index >= 15 is 0 Å². The van der Waals surface area contributed by atoms with Crippen molar-refractivity contribution in [1.29, 1.82) is 0 Å². The Labute approximate surface area is 162 Å². The van der Waals surface area contributed by atoms with Gasteiger partial charge < -0.3 is 9.73 Å². The summed E-state index contributed by atoms with van der Waals surface area (Å²) < 4.78 is 38.5. The zero-order chi connectivity index (χ0) is 19.3. The molecule has 1 heterocycles. The average molecular weight is 408 g/mol. The van der Waals surface area contributed by atoms with Crippen molar-refractivity contribution in [3.8, 4) is 0 Å². The maximum atomic E-state index is 10.9. The smallest absolute Gasteiger partial charge is 0.375 e. The zero-order valence-corrected chi connectivity index (χ0v) is 16.1. The molecule has 27 heavy (non-hydrogen) atoms. The lowest BCUT2D eigenvalue weighted by molar-refractivity contribution is -0.678. The van der Waals surface area contributed by atoms with Crippen LogP contribution in [-0.2, 0) is 16.7 Å². The summed E-state index contributed by atoms with van der Waals surface area (Å²) in [5, 5.41) is 3.76. The van der Waals surface area contributed by atoms with Crippen LogP contribution in [-0.4, -0.2) is 18.7 Å². The second-order valence-corrected chi connectivity index (χ2v) is 8.05. The van der Waals surface area contributed by atoms with Gasteiger partial charge in [-0.1, -0.05) is 29.8 Å². The van der Waals surface area contributed by atoms with Gasteiger partial charge in [0, 0.05) is 29.4 Å². The molecular formula is C19H20ClN2O4S+. The van der Waals surface area contributed by atoms with E-state index < -0.39 is 10.1 Å². The molecule has 0 radical (unpaired) electrons. The number of rotatable bonds is 8. The number of oxazole rings is 1. The van der Waals surface area contributed by atoms with E-state index in [2.05, 4.69) is 5.32 Å². The number of para-hydroxylation sites is 1. The molecule has 2 N–H and O–H groups in total. The number of benzene rings is 2. The van der Waals surface area contributed by atoms with Gasteiger partial charge in [0.25, 0.3) is 15.6 Å². The Morgan fingerprint density at radius 2 is 1.93 bits per heavy atom. The zero-order valence-electron chi connectivity index (χ0n) is 14.5. The first kappa shape index (κ1) is 19.4. The molecule has 0 aliphatic rings. The first-order valence-electron chi connectivity index (χ1n) is 8.47. The van der Waals surface area contributed by atoms with Gasteiger partial charge in [0.2, 0.25) is 5.58 Å². The van der Waals surface area contributed by atoms with Crippen molar-refractivity contribution in [2.75, 3.05) is 11.1 Å². The van der Waals surface area contributed by atoms with E-state index in [1.807, 2.05) is 47.0 Å². The normalized spacial score (nSPS) is 12.1. The monoisotopic (exact) mass is 407 g/mol. The van der Waals surface area contributed by atoms with E-state index in [1.54, 1.807) is 18.3 Å². The lowest BCUT2D eigenvalue weighted by Gasteiger charge is -1.99. The van der Waals surface area contributed by atoms with Crippen molar-refractivity contribution in [2.45, 2.75) is 19.4 Å². The lowest BCUT2D eigenvalue weighted by atomic mass is 10.3. The maximum Gasteiger partial charge on any atom is 0.375 e. The molecule has 6 nitrogen and oxygen atoms in total. The molecule has 0 atom stereocenters. The number of fused-ring (bicyclic) bond motifs is 1. The van der Waals surface area contributed by atoms with E-state index in [9.17, 15) is 8.42 Å². The van der Waals surface area contributed by atoms with Gasteiger partial charge in [-0.3, -0.25) is 4.55 Å². The highest BCUT2D eigenvalue weighted by Gasteiger charge is 2.21. The van der Waals surface area contributed by atoms with Crippen LogP contribution in [0.2, 0.25) is 5.02 Å². The summed E-state index contributed by atoms with van der Waals surface area (Å²) in [5.74, 6) is 0.354. The number of nitrogens with one attached hydrogen (secondary N) is 1.